The Morgan fingerprint density at radius 3 is 3.10 bits per heavy atom. The highest BCUT2D eigenvalue weighted by atomic mass is 32.1. The van der Waals surface area contributed by atoms with Crippen LogP contribution in [0.1, 0.15) is 5.69 Å². The van der Waals surface area contributed by atoms with Gasteiger partial charge in [0.1, 0.15) is 5.69 Å². The minimum atomic E-state index is 0.152. The smallest absolute Gasteiger partial charge is 0.249 e. The minimum Gasteiger partial charge on any atom is -0.479 e. The number of aromatic nitrogens is 2. The van der Waals surface area contributed by atoms with Crippen molar-refractivity contribution in [3.63, 3.8) is 0 Å². The third-order valence-electron chi connectivity index (χ3n) is 0.955. The van der Waals surface area contributed by atoms with E-state index >= 15 is 0 Å². The minimum absolute atomic E-state index is 0.152. The molecule has 0 aliphatic rings. The lowest BCUT2D eigenvalue weighted by Crippen LogP contribution is -1.91. The lowest BCUT2D eigenvalue weighted by atomic mass is 10.3. The van der Waals surface area contributed by atoms with Crippen molar-refractivity contribution in [1.29, 1.82) is 0 Å². The van der Waals surface area contributed by atoms with E-state index in [-0.39, 0.29) is 6.42 Å². The summed E-state index contributed by atoms with van der Waals surface area (Å²) >= 11 is 1.03. The monoisotopic (exact) mass is 157 g/mol. The Morgan fingerprint density at radius 1 is 1.70 bits per heavy atom. The molecular weight excluding hydrogens is 152 g/mol. The lowest BCUT2D eigenvalue weighted by Gasteiger charge is -1.91. The number of nitrogens with zero attached hydrogens (tertiary/aromatic N) is 2. The average molecular weight is 157 g/mol. The molecule has 0 aromatic carbocycles. The van der Waals surface area contributed by atoms with E-state index in [1.54, 1.807) is 6.29 Å². The maximum atomic E-state index is 9.90. The Balaban J connectivity index is 2.79. The van der Waals surface area contributed by atoms with Crippen molar-refractivity contribution >= 4 is 18.0 Å². The number of rotatable bonds is 3. The maximum Gasteiger partial charge on any atom is 0.249 e. The van der Waals surface area contributed by atoms with Crippen molar-refractivity contribution in [3.8, 4) is 5.88 Å². The van der Waals surface area contributed by atoms with Gasteiger partial charge in [-0.2, -0.15) is 4.37 Å². The SMILES string of the molecule is COc1nsnc1C[C]=O. The summed E-state index contributed by atoms with van der Waals surface area (Å²) in [6.45, 7) is 0. The van der Waals surface area contributed by atoms with Crippen molar-refractivity contribution in [3.05, 3.63) is 5.69 Å². The summed E-state index contributed by atoms with van der Waals surface area (Å²) in [5.74, 6) is 0.424. The summed E-state index contributed by atoms with van der Waals surface area (Å²) in [7, 11) is 1.49. The number of methoxy groups -OCH3 is 1. The molecule has 0 saturated carbocycles. The first-order chi connectivity index (χ1) is 4.88. The molecule has 0 unspecified atom stereocenters. The number of ether oxygens (including phenoxy) is 1. The first-order valence-corrected chi connectivity index (χ1v) is 3.32. The molecule has 0 aliphatic heterocycles. The Bertz CT molecular complexity index is 223. The van der Waals surface area contributed by atoms with E-state index in [4.69, 9.17) is 4.74 Å². The molecule has 0 N–H and O–H groups in total. The topological polar surface area (TPSA) is 52.1 Å². The first kappa shape index (κ1) is 7.14. The van der Waals surface area contributed by atoms with Gasteiger partial charge < -0.3 is 4.74 Å². The highest BCUT2D eigenvalue weighted by Gasteiger charge is 2.06. The van der Waals surface area contributed by atoms with Gasteiger partial charge >= 0.3 is 0 Å². The molecule has 0 saturated heterocycles. The second-order valence-electron chi connectivity index (χ2n) is 1.54. The van der Waals surface area contributed by atoms with Gasteiger partial charge in [0.05, 0.1) is 25.3 Å². The van der Waals surface area contributed by atoms with Crippen LogP contribution < -0.4 is 4.74 Å². The van der Waals surface area contributed by atoms with E-state index in [1.807, 2.05) is 0 Å². The van der Waals surface area contributed by atoms with Crippen molar-refractivity contribution in [2.45, 2.75) is 6.42 Å². The maximum absolute atomic E-state index is 9.90. The zero-order valence-electron chi connectivity index (χ0n) is 5.33. The van der Waals surface area contributed by atoms with Gasteiger partial charge in [-0.3, -0.25) is 4.79 Å². The van der Waals surface area contributed by atoms with Crippen molar-refractivity contribution < 1.29 is 9.53 Å². The van der Waals surface area contributed by atoms with Crippen LogP contribution in [0.3, 0.4) is 0 Å². The van der Waals surface area contributed by atoms with Crippen LogP contribution in [-0.2, 0) is 11.2 Å². The van der Waals surface area contributed by atoms with Crippen molar-refractivity contribution in [2.75, 3.05) is 7.11 Å². The molecule has 0 aliphatic carbocycles. The van der Waals surface area contributed by atoms with Crippen LogP contribution in [0.4, 0.5) is 0 Å². The van der Waals surface area contributed by atoms with Crippen LogP contribution in [0.5, 0.6) is 5.88 Å². The standard InChI is InChI=1S/C5H5N2O2S/c1-9-5-4(2-3-8)6-10-7-5/h2H2,1H3. The molecule has 0 bridgehead atoms. The Labute approximate surface area is 62.2 Å². The van der Waals surface area contributed by atoms with Crippen LogP contribution in [0.25, 0.3) is 0 Å². The van der Waals surface area contributed by atoms with Gasteiger partial charge in [-0.05, 0) is 0 Å². The Morgan fingerprint density at radius 2 is 2.50 bits per heavy atom. The summed E-state index contributed by atoms with van der Waals surface area (Å²) < 4.78 is 12.4. The third-order valence-corrected chi connectivity index (χ3v) is 1.50. The van der Waals surface area contributed by atoms with Crippen LogP contribution in [0, 0.1) is 0 Å². The summed E-state index contributed by atoms with van der Waals surface area (Å²) in [6, 6.07) is 0. The van der Waals surface area contributed by atoms with Gasteiger partial charge in [-0.25, -0.2) is 0 Å². The number of hydrogen-bond donors (Lipinski definition) is 0. The second kappa shape index (κ2) is 3.26. The predicted molar refractivity (Wildman–Crippen MR) is 35.9 cm³/mol. The molecular formula is C5H5N2O2S. The third kappa shape index (κ3) is 1.30. The van der Waals surface area contributed by atoms with E-state index in [0.29, 0.717) is 11.6 Å². The summed E-state index contributed by atoms with van der Waals surface area (Å²) in [6.07, 6.45) is 1.87. The lowest BCUT2D eigenvalue weighted by molar-refractivity contribution is 0.397. The fourth-order valence-corrected chi connectivity index (χ4v) is 1.07. The van der Waals surface area contributed by atoms with Crippen LogP contribution in [-0.4, -0.2) is 22.1 Å². The second-order valence-corrected chi connectivity index (χ2v) is 2.07. The predicted octanol–water partition coefficient (Wildman–Crippen LogP) is 0.199. The highest BCUT2D eigenvalue weighted by molar-refractivity contribution is 6.99. The van der Waals surface area contributed by atoms with Gasteiger partial charge in [-0.15, -0.1) is 4.37 Å². The normalized spacial score (nSPS) is 9.30. The summed E-state index contributed by atoms with van der Waals surface area (Å²) in [5.41, 5.74) is 0.558. The number of carbonyl (C=O) groups excluding carboxylic acids is 1. The molecule has 4 nitrogen and oxygen atoms in total. The van der Waals surface area contributed by atoms with Gasteiger partial charge in [-0.1, -0.05) is 0 Å². The average Bonchev–Trinajstić information content (AvgIpc) is 2.36. The van der Waals surface area contributed by atoms with Crippen molar-refractivity contribution in [1.82, 2.24) is 8.75 Å². The molecule has 0 spiro atoms. The molecule has 1 radical (unpaired) electrons. The number of hydrogen-bond acceptors (Lipinski definition) is 5. The molecule has 1 rings (SSSR count). The Kier molecular flexibility index (Phi) is 2.33. The quantitative estimate of drug-likeness (QED) is 0.628. The van der Waals surface area contributed by atoms with E-state index in [1.165, 1.54) is 7.11 Å². The highest BCUT2D eigenvalue weighted by Crippen LogP contribution is 2.13. The molecule has 0 amide bonds. The van der Waals surface area contributed by atoms with Crippen LogP contribution >= 0.6 is 11.7 Å². The van der Waals surface area contributed by atoms with E-state index in [2.05, 4.69) is 8.75 Å². The molecule has 53 valence electrons. The van der Waals surface area contributed by atoms with E-state index in [0.717, 1.165) is 11.7 Å². The van der Waals surface area contributed by atoms with Crippen molar-refractivity contribution in [2.24, 2.45) is 0 Å². The fraction of sp³-hybridized carbons (Fsp3) is 0.400. The summed E-state index contributed by atoms with van der Waals surface area (Å²) in [5, 5.41) is 0. The van der Waals surface area contributed by atoms with Gasteiger partial charge in [0.15, 0.2) is 0 Å². The molecule has 0 atom stereocenters. The fourth-order valence-electron chi connectivity index (χ4n) is 0.530. The largest absolute Gasteiger partial charge is 0.479 e. The molecule has 1 aromatic rings. The van der Waals surface area contributed by atoms with Crippen LogP contribution in [0.2, 0.25) is 0 Å². The summed E-state index contributed by atoms with van der Waals surface area (Å²) in [4.78, 5) is 9.90. The van der Waals surface area contributed by atoms with Gasteiger partial charge in [0.2, 0.25) is 12.2 Å². The van der Waals surface area contributed by atoms with Gasteiger partial charge in [0, 0.05) is 0 Å². The molecule has 10 heavy (non-hydrogen) atoms. The zero-order chi connectivity index (χ0) is 7.40. The van der Waals surface area contributed by atoms with E-state index in [9.17, 15) is 4.79 Å². The molecule has 0 fully saturated rings. The van der Waals surface area contributed by atoms with Crippen LogP contribution in [0.15, 0.2) is 0 Å². The molecule has 1 aromatic heterocycles. The molecule has 5 heteroatoms. The first-order valence-electron chi connectivity index (χ1n) is 2.59. The zero-order valence-corrected chi connectivity index (χ0v) is 6.14. The molecule has 1 heterocycles. The van der Waals surface area contributed by atoms with E-state index < -0.39 is 0 Å². The van der Waals surface area contributed by atoms with Gasteiger partial charge in [0.25, 0.3) is 0 Å². The Hall–Kier alpha value is -0.970.